The van der Waals surface area contributed by atoms with Crippen LogP contribution < -0.4 is 11.4 Å². The van der Waals surface area contributed by atoms with E-state index in [0.717, 1.165) is 4.68 Å². The SMILES string of the molecule is Cc1nc(C(N)=O)c2nnn(CCCl)c(=O)n12. The number of fused-ring (bicyclic) bond motifs is 1. The lowest BCUT2D eigenvalue weighted by molar-refractivity contribution is 0.0997. The van der Waals surface area contributed by atoms with Gasteiger partial charge in [0.25, 0.3) is 5.91 Å². The molecule has 90 valence electrons. The Morgan fingerprint density at radius 3 is 2.82 bits per heavy atom. The molecular formula is C8H9ClN6O2. The van der Waals surface area contributed by atoms with E-state index in [4.69, 9.17) is 17.3 Å². The summed E-state index contributed by atoms with van der Waals surface area (Å²) in [6.45, 7) is 1.81. The molecule has 0 atom stereocenters. The van der Waals surface area contributed by atoms with Crippen LogP contribution in [-0.4, -0.2) is 36.2 Å². The minimum atomic E-state index is -0.751. The third-order valence-corrected chi connectivity index (χ3v) is 2.38. The Morgan fingerprint density at radius 1 is 1.53 bits per heavy atom. The average Bonchev–Trinajstić information content (AvgIpc) is 2.61. The standard InChI is InChI=1S/C8H9ClN6O2/c1-4-11-5(6(10)16)7-12-13-14(3-2-9)8(17)15(4)7/h2-3H2,1H3,(H2,10,16). The van der Waals surface area contributed by atoms with Crippen LogP contribution in [-0.2, 0) is 6.54 Å². The molecule has 0 bridgehead atoms. The van der Waals surface area contributed by atoms with Gasteiger partial charge >= 0.3 is 5.69 Å². The number of aryl methyl sites for hydroxylation is 2. The topological polar surface area (TPSA) is 108 Å². The zero-order valence-corrected chi connectivity index (χ0v) is 9.68. The summed E-state index contributed by atoms with van der Waals surface area (Å²) in [5.41, 5.74) is 4.67. The third kappa shape index (κ3) is 1.76. The number of nitrogens with two attached hydrogens (primary N) is 1. The molecule has 1 amide bonds. The Kier molecular flexibility index (Phi) is 2.80. The maximum atomic E-state index is 11.9. The monoisotopic (exact) mass is 256 g/mol. The van der Waals surface area contributed by atoms with E-state index in [1.54, 1.807) is 6.92 Å². The second kappa shape index (κ2) is 4.13. The summed E-state index contributed by atoms with van der Waals surface area (Å²) in [6, 6.07) is 0. The number of alkyl halides is 1. The smallest absolute Gasteiger partial charge is 0.353 e. The van der Waals surface area contributed by atoms with Gasteiger partial charge in [-0.25, -0.2) is 14.2 Å². The molecule has 0 aliphatic rings. The first-order valence-electron chi connectivity index (χ1n) is 4.75. The summed E-state index contributed by atoms with van der Waals surface area (Å²) in [5.74, 6) is -0.187. The van der Waals surface area contributed by atoms with Crippen molar-refractivity contribution in [2.75, 3.05) is 5.88 Å². The lowest BCUT2D eigenvalue weighted by Crippen LogP contribution is -2.31. The molecule has 17 heavy (non-hydrogen) atoms. The van der Waals surface area contributed by atoms with Gasteiger partial charge in [-0.15, -0.1) is 16.7 Å². The fourth-order valence-electron chi connectivity index (χ4n) is 1.48. The number of amides is 1. The Labute approximate surface area is 100 Å². The molecule has 2 aromatic heterocycles. The maximum absolute atomic E-state index is 11.9. The van der Waals surface area contributed by atoms with Crippen LogP contribution in [0.25, 0.3) is 5.65 Å². The minimum Gasteiger partial charge on any atom is -0.364 e. The maximum Gasteiger partial charge on any atom is 0.353 e. The predicted molar refractivity (Wildman–Crippen MR) is 59.0 cm³/mol. The molecule has 2 heterocycles. The van der Waals surface area contributed by atoms with Crippen molar-refractivity contribution >= 4 is 23.2 Å². The quantitative estimate of drug-likeness (QED) is 0.704. The summed E-state index contributed by atoms with van der Waals surface area (Å²) in [5, 5.41) is 7.41. The Balaban J connectivity index is 2.79. The number of hydrogen-bond acceptors (Lipinski definition) is 5. The van der Waals surface area contributed by atoms with Crippen molar-refractivity contribution in [3.8, 4) is 0 Å². The van der Waals surface area contributed by atoms with Crippen LogP contribution in [0.4, 0.5) is 0 Å². The largest absolute Gasteiger partial charge is 0.364 e. The Morgan fingerprint density at radius 2 is 2.24 bits per heavy atom. The van der Waals surface area contributed by atoms with E-state index >= 15 is 0 Å². The summed E-state index contributed by atoms with van der Waals surface area (Å²) >= 11 is 5.53. The van der Waals surface area contributed by atoms with Gasteiger partial charge in [0, 0.05) is 5.88 Å². The number of carbonyl (C=O) groups is 1. The molecule has 0 aliphatic carbocycles. The molecule has 0 unspecified atom stereocenters. The van der Waals surface area contributed by atoms with Gasteiger partial charge in [-0.3, -0.25) is 4.79 Å². The highest BCUT2D eigenvalue weighted by molar-refractivity contribution is 6.17. The van der Waals surface area contributed by atoms with Gasteiger partial charge in [0.1, 0.15) is 5.82 Å². The Hall–Kier alpha value is -1.96. The molecule has 8 nitrogen and oxygen atoms in total. The number of halogens is 1. The van der Waals surface area contributed by atoms with Crippen LogP contribution in [0.2, 0.25) is 0 Å². The van der Waals surface area contributed by atoms with E-state index in [9.17, 15) is 9.59 Å². The molecule has 2 aromatic rings. The van der Waals surface area contributed by atoms with E-state index in [-0.39, 0.29) is 23.8 Å². The van der Waals surface area contributed by atoms with Crippen LogP contribution in [0, 0.1) is 6.92 Å². The zero-order chi connectivity index (χ0) is 12.6. The van der Waals surface area contributed by atoms with Crippen LogP contribution in [0.1, 0.15) is 16.3 Å². The summed E-state index contributed by atoms with van der Waals surface area (Å²) in [7, 11) is 0. The third-order valence-electron chi connectivity index (χ3n) is 2.21. The van der Waals surface area contributed by atoms with Crippen molar-refractivity contribution < 1.29 is 4.79 Å². The number of carbonyl (C=O) groups excluding carboxylic acids is 1. The predicted octanol–water partition coefficient (Wildman–Crippen LogP) is -1.07. The second-order valence-electron chi connectivity index (χ2n) is 3.32. The van der Waals surface area contributed by atoms with Gasteiger partial charge in [-0.2, -0.15) is 4.68 Å². The van der Waals surface area contributed by atoms with Gasteiger partial charge in [-0.1, -0.05) is 5.21 Å². The summed E-state index contributed by atoms with van der Waals surface area (Å²) in [6.07, 6.45) is 0. The first kappa shape index (κ1) is 11.5. The van der Waals surface area contributed by atoms with Gasteiger partial charge in [0.2, 0.25) is 0 Å². The first-order valence-corrected chi connectivity index (χ1v) is 5.28. The van der Waals surface area contributed by atoms with Crippen molar-refractivity contribution in [1.29, 1.82) is 0 Å². The lowest BCUT2D eigenvalue weighted by Gasteiger charge is -2.01. The normalized spacial score (nSPS) is 10.9. The molecular weight excluding hydrogens is 248 g/mol. The molecule has 0 aliphatic heterocycles. The highest BCUT2D eigenvalue weighted by Crippen LogP contribution is 2.05. The van der Waals surface area contributed by atoms with Gasteiger partial charge in [-0.05, 0) is 6.92 Å². The molecule has 9 heteroatoms. The van der Waals surface area contributed by atoms with Crippen molar-refractivity contribution in [3.05, 3.63) is 22.0 Å². The van der Waals surface area contributed by atoms with Crippen LogP contribution >= 0.6 is 11.6 Å². The van der Waals surface area contributed by atoms with Crippen LogP contribution in [0.15, 0.2) is 4.79 Å². The number of aromatic nitrogens is 5. The fourth-order valence-corrected chi connectivity index (χ4v) is 1.64. The van der Waals surface area contributed by atoms with E-state index in [0.29, 0.717) is 5.82 Å². The molecule has 0 fully saturated rings. The molecule has 0 radical (unpaired) electrons. The minimum absolute atomic E-state index is 0.0609. The lowest BCUT2D eigenvalue weighted by atomic mass is 10.4. The average molecular weight is 257 g/mol. The van der Waals surface area contributed by atoms with Gasteiger partial charge in [0.05, 0.1) is 6.54 Å². The highest BCUT2D eigenvalue weighted by Gasteiger charge is 2.17. The van der Waals surface area contributed by atoms with Crippen molar-refractivity contribution in [2.45, 2.75) is 13.5 Å². The van der Waals surface area contributed by atoms with E-state index < -0.39 is 11.6 Å². The van der Waals surface area contributed by atoms with E-state index in [1.165, 1.54) is 4.40 Å². The molecule has 0 spiro atoms. The molecule has 0 aromatic carbocycles. The number of imidazole rings is 1. The number of primary amides is 1. The van der Waals surface area contributed by atoms with Crippen molar-refractivity contribution in [3.63, 3.8) is 0 Å². The van der Waals surface area contributed by atoms with E-state index in [1.807, 2.05) is 0 Å². The number of hydrogen-bond donors (Lipinski definition) is 1. The molecule has 0 saturated carbocycles. The highest BCUT2D eigenvalue weighted by atomic mass is 35.5. The second-order valence-corrected chi connectivity index (χ2v) is 3.69. The number of nitrogens with zero attached hydrogens (tertiary/aromatic N) is 5. The molecule has 0 saturated heterocycles. The van der Waals surface area contributed by atoms with E-state index in [2.05, 4.69) is 15.3 Å². The first-order chi connectivity index (χ1) is 8.06. The van der Waals surface area contributed by atoms with Crippen molar-refractivity contribution in [1.82, 2.24) is 24.4 Å². The zero-order valence-electron chi connectivity index (χ0n) is 8.92. The van der Waals surface area contributed by atoms with Crippen LogP contribution in [0.3, 0.4) is 0 Å². The summed E-state index contributed by atoms with van der Waals surface area (Å²) in [4.78, 5) is 26.9. The summed E-state index contributed by atoms with van der Waals surface area (Å²) < 4.78 is 2.28. The van der Waals surface area contributed by atoms with Gasteiger partial charge < -0.3 is 5.73 Å². The molecule has 2 N–H and O–H groups in total. The van der Waals surface area contributed by atoms with Gasteiger partial charge in [0.15, 0.2) is 11.3 Å². The van der Waals surface area contributed by atoms with Crippen molar-refractivity contribution in [2.24, 2.45) is 5.73 Å². The molecule has 2 rings (SSSR count). The fraction of sp³-hybridized carbons (Fsp3) is 0.375. The Bertz CT molecular complexity index is 645. The number of rotatable bonds is 3. The van der Waals surface area contributed by atoms with Crippen LogP contribution in [0.5, 0.6) is 0 Å².